The number of pyridine rings is 2. The highest BCUT2D eigenvalue weighted by Gasteiger charge is 2.15. The third kappa shape index (κ3) is 4.59. The van der Waals surface area contributed by atoms with Crippen molar-refractivity contribution < 1.29 is 4.79 Å². The Bertz CT molecular complexity index is 1210. The largest absolute Gasteiger partial charge is 0.353 e. The number of aromatic amines is 1. The van der Waals surface area contributed by atoms with Crippen molar-refractivity contribution in [1.29, 1.82) is 0 Å². The number of benzene rings is 1. The van der Waals surface area contributed by atoms with E-state index in [1.807, 2.05) is 36.4 Å². The Balaban J connectivity index is 1.52. The highest BCUT2D eigenvalue weighted by atomic mass is 35.5. The maximum absolute atomic E-state index is 12.4. The van der Waals surface area contributed by atoms with Gasteiger partial charge in [-0.25, -0.2) is 4.98 Å². The van der Waals surface area contributed by atoms with Gasteiger partial charge in [0.15, 0.2) is 5.82 Å². The molecule has 4 aromatic rings. The number of hydrogen-bond acceptors (Lipinski definition) is 3. The lowest BCUT2D eigenvalue weighted by Gasteiger charge is -2.07. The lowest BCUT2D eigenvalue weighted by atomic mass is 10.0. The van der Waals surface area contributed by atoms with Crippen molar-refractivity contribution in [1.82, 2.24) is 15.0 Å². The number of H-pyrrole nitrogens is 1. The number of aromatic nitrogens is 3. The van der Waals surface area contributed by atoms with Crippen molar-refractivity contribution in [2.75, 3.05) is 5.32 Å². The number of aryl methyl sites for hydroxylation is 1. The van der Waals surface area contributed by atoms with Gasteiger partial charge in [-0.15, -0.1) is 0 Å². The molecule has 1 amide bonds. The van der Waals surface area contributed by atoms with Gasteiger partial charge in [0.25, 0.3) is 0 Å². The molecule has 0 aliphatic rings. The smallest absolute Gasteiger partial charge is 0.225 e. The zero-order chi connectivity index (χ0) is 21.1. The number of carbonyl (C=O) groups excluding carboxylic acids is 1. The van der Waals surface area contributed by atoms with Crippen molar-refractivity contribution >= 4 is 57.4 Å². The third-order valence-corrected chi connectivity index (χ3v) is 5.42. The number of nitrogens with zero attached hydrogens (tertiary/aromatic N) is 2. The minimum Gasteiger partial charge on any atom is -0.353 e. The summed E-state index contributed by atoms with van der Waals surface area (Å²) in [6, 6.07) is 13.1. The van der Waals surface area contributed by atoms with Gasteiger partial charge in [-0.2, -0.15) is 0 Å². The normalized spacial score (nSPS) is 11.0. The van der Waals surface area contributed by atoms with Crippen molar-refractivity contribution in [3.8, 4) is 11.4 Å². The van der Waals surface area contributed by atoms with Crippen LogP contribution in [0.2, 0.25) is 15.1 Å². The number of nitrogens with one attached hydrogen (secondary N) is 2. The van der Waals surface area contributed by atoms with Crippen molar-refractivity contribution in [2.45, 2.75) is 19.3 Å². The zero-order valence-corrected chi connectivity index (χ0v) is 18.0. The standard InChI is InChI=1S/C22H17Cl3N4O/c23-13-7-8-18-16(10-13)15(21(28-18)19-5-1-2-9-26-19)4-3-6-20(30)29-22-17(25)11-14(24)12-27-22/h1-2,5,7-12,28H,3-4,6H2,(H,27,29,30). The topological polar surface area (TPSA) is 70.7 Å². The van der Waals surface area contributed by atoms with E-state index in [-0.39, 0.29) is 5.91 Å². The van der Waals surface area contributed by atoms with Crippen molar-refractivity contribution in [3.05, 3.63) is 75.5 Å². The van der Waals surface area contributed by atoms with Crippen LogP contribution >= 0.6 is 34.8 Å². The first-order valence-corrected chi connectivity index (χ1v) is 10.5. The quantitative estimate of drug-likeness (QED) is 0.343. The van der Waals surface area contributed by atoms with Gasteiger partial charge in [-0.05, 0) is 54.8 Å². The molecule has 5 nitrogen and oxygen atoms in total. The van der Waals surface area contributed by atoms with Crippen LogP contribution in [-0.2, 0) is 11.2 Å². The molecule has 4 rings (SSSR count). The first-order chi connectivity index (χ1) is 14.5. The van der Waals surface area contributed by atoms with Gasteiger partial charge in [0.05, 0.1) is 21.4 Å². The minimum absolute atomic E-state index is 0.163. The van der Waals surface area contributed by atoms with Gasteiger partial charge < -0.3 is 10.3 Å². The van der Waals surface area contributed by atoms with Crippen molar-refractivity contribution in [2.24, 2.45) is 0 Å². The summed E-state index contributed by atoms with van der Waals surface area (Å²) in [6.45, 7) is 0. The second-order valence-corrected chi connectivity index (χ2v) is 8.05. The summed E-state index contributed by atoms with van der Waals surface area (Å²) in [7, 11) is 0. The molecular formula is C22H17Cl3N4O. The lowest BCUT2D eigenvalue weighted by molar-refractivity contribution is -0.116. The van der Waals surface area contributed by atoms with Gasteiger partial charge >= 0.3 is 0 Å². The van der Waals surface area contributed by atoms with Crippen LogP contribution in [-0.4, -0.2) is 20.9 Å². The van der Waals surface area contributed by atoms with Crippen LogP contribution in [0, 0.1) is 0 Å². The van der Waals surface area contributed by atoms with E-state index in [4.69, 9.17) is 34.8 Å². The summed E-state index contributed by atoms with van der Waals surface area (Å²) in [6.07, 6.45) is 4.83. The average Bonchev–Trinajstić information content (AvgIpc) is 3.08. The molecular weight excluding hydrogens is 443 g/mol. The highest BCUT2D eigenvalue weighted by Crippen LogP contribution is 2.32. The fourth-order valence-corrected chi connectivity index (χ4v) is 3.94. The molecule has 0 spiro atoms. The molecule has 0 fully saturated rings. The van der Waals surface area contributed by atoms with E-state index in [2.05, 4.69) is 20.3 Å². The summed E-state index contributed by atoms with van der Waals surface area (Å²) in [4.78, 5) is 24.3. The fourth-order valence-electron chi connectivity index (χ4n) is 3.34. The van der Waals surface area contributed by atoms with E-state index < -0.39 is 0 Å². The Kier molecular flexibility index (Phi) is 6.23. The van der Waals surface area contributed by atoms with E-state index in [0.717, 1.165) is 27.9 Å². The van der Waals surface area contributed by atoms with Crippen LogP contribution in [0.4, 0.5) is 5.82 Å². The molecule has 0 unspecified atom stereocenters. The monoisotopic (exact) mass is 458 g/mol. The Morgan fingerprint density at radius 3 is 2.67 bits per heavy atom. The molecule has 152 valence electrons. The summed E-state index contributed by atoms with van der Waals surface area (Å²) >= 11 is 18.1. The molecule has 0 radical (unpaired) electrons. The fraction of sp³-hybridized carbons (Fsp3) is 0.136. The lowest BCUT2D eigenvalue weighted by Crippen LogP contribution is -2.13. The first kappa shape index (κ1) is 20.7. The van der Waals surface area contributed by atoms with Crippen molar-refractivity contribution in [3.63, 3.8) is 0 Å². The zero-order valence-electron chi connectivity index (χ0n) is 15.8. The molecule has 0 aliphatic heterocycles. The van der Waals surface area contributed by atoms with E-state index in [1.165, 1.54) is 6.20 Å². The summed E-state index contributed by atoms with van der Waals surface area (Å²) in [5, 5.41) is 5.14. The maximum Gasteiger partial charge on any atom is 0.225 e. The van der Waals surface area contributed by atoms with Crippen LogP contribution in [0.5, 0.6) is 0 Å². The summed E-state index contributed by atoms with van der Waals surface area (Å²) < 4.78 is 0. The maximum atomic E-state index is 12.4. The van der Waals surface area contributed by atoms with Gasteiger partial charge in [0.1, 0.15) is 0 Å². The van der Waals surface area contributed by atoms with E-state index in [0.29, 0.717) is 40.1 Å². The molecule has 0 atom stereocenters. The minimum atomic E-state index is -0.163. The Morgan fingerprint density at radius 1 is 1.03 bits per heavy atom. The number of amides is 1. The van der Waals surface area contributed by atoms with Crippen LogP contribution in [0.3, 0.4) is 0 Å². The molecule has 3 heterocycles. The molecule has 0 aliphatic carbocycles. The number of fused-ring (bicyclic) bond motifs is 1. The molecule has 0 saturated heterocycles. The Hall–Kier alpha value is -2.60. The second-order valence-electron chi connectivity index (χ2n) is 6.77. The molecule has 0 saturated carbocycles. The number of hydrogen-bond donors (Lipinski definition) is 2. The Labute approximate surface area is 188 Å². The molecule has 30 heavy (non-hydrogen) atoms. The molecule has 1 aromatic carbocycles. The summed E-state index contributed by atoms with van der Waals surface area (Å²) in [5.74, 6) is 0.142. The Morgan fingerprint density at radius 2 is 1.90 bits per heavy atom. The van der Waals surface area contributed by atoms with Crippen LogP contribution in [0.1, 0.15) is 18.4 Å². The number of carbonyl (C=O) groups is 1. The van der Waals surface area contributed by atoms with Gasteiger partial charge in [0, 0.05) is 34.7 Å². The number of rotatable bonds is 6. The second kappa shape index (κ2) is 9.04. The van der Waals surface area contributed by atoms with Crippen LogP contribution in [0.15, 0.2) is 54.9 Å². The average molecular weight is 460 g/mol. The first-order valence-electron chi connectivity index (χ1n) is 9.33. The SMILES string of the molecule is O=C(CCCc1c(-c2ccccn2)[nH]c2ccc(Cl)cc12)Nc1ncc(Cl)cc1Cl. The van der Waals surface area contributed by atoms with Gasteiger partial charge in [-0.1, -0.05) is 40.9 Å². The highest BCUT2D eigenvalue weighted by molar-refractivity contribution is 6.36. The van der Waals surface area contributed by atoms with Crippen LogP contribution < -0.4 is 5.32 Å². The third-order valence-electron chi connectivity index (χ3n) is 4.69. The van der Waals surface area contributed by atoms with Crippen LogP contribution in [0.25, 0.3) is 22.3 Å². The number of anilines is 1. The predicted molar refractivity (Wildman–Crippen MR) is 122 cm³/mol. The molecule has 3 aromatic heterocycles. The van der Waals surface area contributed by atoms with E-state index >= 15 is 0 Å². The number of halogens is 3. The predicted octanol–water partition coefficient (Wildman–Crippen LogP) is 6.55. The van der Waals surface area contributed by atoms with E-state index in [1.54, 1.807) is 12.3 Å². The molecule has 0 bridgehead atoms. The molecule has 8 heteroatoms. The molecule has 2 N–H and O–H groups in total. The van der Waals surface area contributed by atoms with Gasteiger partial charge in [-0.3, -0.25) is 9.78 Å². The summed E-state index contributed by atoms with van der Waals surface area (Å²) in [5.41, 5.74) is 3.86. The van der Waals surface area contributed by atoms with Gasteiger partial charge in [0.2, 0.25) is 5.91 Å². The van der Waals surface area contributed by atoms with E-state index in [9.17, 15) is 4.79 Å².